The molecular formula is C17H19NO. The highest BCUT2D eigenvalue weighted by Gasteiger charge is 2.16. The van der Waals surface area contributed by atoms with Gasteiger partial charge in [0.25, 0.3) is 0 Å². The fraction of sp³-hybridized carbons (Fsp3) is 0.294. The van der Waals surface area contributed by atoms with E-state index >= 15 is 0 Å². The second kappa shape index (κ2) is 5.06. The van der Waals surface area contributed by atoms with Gasteiger partial charge in [-0.15, -0.1) is 0 Å². The van der Waals surface area contributed by atoms with Crippen LogP contribution in [-0.2, 0) is 4.74 Å². The summed E-state index contributed by atoms with van der Waals surface area (Å²) in [6.07, 6.45) is 2.24. The molecule has 0 saturated carbocycles. The second-order valence-electron chi connectivity index (χ2n) is 4.88. The molecule has 0 spiro atoms. The van der Waals surface area contributed by atoms with Crippen LogP contribution in [0.15, 0.2) is 48.5 Å². The van der Waals surface area contributed by atoms with Gasteiger partial charge in [0.15, 0.2) is 0 Å². The predicted octanol–water partition coefficient (Wildman–Crippen LogP) is 4.74. The standard InChI is InChI=1S/C17H19NO/c1-3-8-17(19-2)18-15-11-6-4-9-13(15)14-10-5-7-12-16(14)18/h4-7,9-12,17H,3,8H2,1-2H3/t17-/m0/s1. The van der Waals surface area contributed by atoms with Crippen LogP contribution in [0.2, 0.25) is 0 Å². The Labute approximate surface area is 113 Å². The van der Waals surface area contributed by atoms with Crippen molar-refractivity contribution in [2.75, 3.05) is 7.11 Å². The number of benzene rings is 2. The zero-order valence-electron chi connectivity index (χ0n) is 11.5. The molecule has 0 aliphatic rings. The zero-order valence-corrected chi connectivity index (χ0v) is 11.5. The van der Waals surface area contributed by atoms with E-state index in [1.54, 1.807) is 7.11 Å². The molecule has 0 aliphatic heterocycles. The topological polar surface area (TPSA) is 14.2 Å². The van der Waals surface area contributed by atoms with Crippen LogP contribution in [0.3, 0.4) is 0 Å². The smallest absolute Gasteiger partial charge is 0.134 e. The molecule has 0 unspecified atom stereocenters. The van der Waals surface area contributed by atoms with Gasteiger partial charge in [0.1, 0.15) is 6.23 Å². The van der Waals surface area contributed by atoms with E-state index < -0.39 is 0 Å². The Bertz CT molecular complexity index is 645. The number of ether oxygens (including phenoxy) is 1. The van der Waals surface area contributed by atoms with Gasteiger partial charge in [-0.25, -0.2) is 0 Å². The van der Waals surface area contributed by atoms with Gasteiger partial charge in [-0.1, -0.05) is 49.7 Å². The van der Waals surface area contributed by atoms with Crippen LogP contribution in [0, 0.1) is 0 Å². The number of para-hydroxylation sites is 2. The van der Waals surface area contributed by atoms with E-state index in [0.29, 0.717) is 0 Å². The van der Waals surface area contributed by atoms with Gasteiger partial charge in [0.05, 0.1) is 11.0 Å². The number of methoxy groups -OCH3 is 1. The summed E-state index contributed by atoms with van der Waals surface area (Å²) in [4.78, 5) is 0. The molecule has 1 aromatic heterocycles. The molecule has 19 heavy (non-hydrogen) atoms. The van der Waals surface area contributed by atoms with Crippen molar-refractivity contribution in [2.24, 2.45) is 0 Å². The lowest BCUT2D eigenvalue weighted by Gasteiger charge is -2.19. The van der Waals surface area contributed by atoms with Crippen LogP contribution in [0.25, 0.3) is 21.8 Å². The summed E-state index contributed by atoms with van der Waals surface area (Å²) >= 11 is 0. The van der Waals surface area contributed by atoms with Crippen LogP contribution >= 0.6 is 0 Å². The number of hydrogen-bond acceptors (Lipinski definition) is 1. The molecule has 2 aromatic carbocycles. The molecule has 0 saturated heterocycles. The van der Waals surface area contributed by atoms with Gasteiger partial charge in [0, 0.05) is 17.9 Å². The summed E-state index contributed by atoms with van der Waals surface area (Å²) in [5.74, 6) is 0. The van der Waals surface area contributed by atoms with Crippen molar-refractivity contribution in [1.29, 1.82) is 0 Å². The molecule has 0 aliphatic carbocycles. The number of fused-ring (bicyclic) bond motifs is 3. The maximum Gasteiger partial charge on any atom is 0.134 e. The highest BCUT2D eigenvalue weighted by Crippen LogP contribution is 2.33. The molecule has 1 atom stereocenters. The van der Waals surface area contributed by atoms with Crippen LogP contribution in [0.1, 0.15) is 26.0 Å². The second-order valence-corrected chi connectivity index (χ2v) is 4.88. The molecule has 2 heteroatoms. The fourth-order valence-electron chi connectivity index (χ4n) is 2.86. The van der Waals surface area contributed by atoms with Crippen molar-refractivity contribution in [3.63, 3.8) is 0 Å². The Morgan fingerprint density at radius 1 is 0.947 bits per heavy atom. The summed E-state index contributed by atoms with van der Waals surface area (Å²) in [5, 5.41) is 2.60. The van der Waals surface area contributed by atoms with Crippen LogP contribution in [0.4, 0.5) is 0 Å². The van der Waals surface area contributed by atoms with E-state index in [1.165, 1.54) is 21.8 Å². The number of aromatic nitrogens is 1. The highest BCUT2D eigenvalue weighted by molar-refractivity contribution is 6.08. The van der Waals surface area contributed by atoms with E-state index in [-0.39, 0.29) is 6.23 Å². The minimum Gasteiger partial charge on any atom is -0.361 e. The third-order valence-electron chi connectivity index (χ3n) is 3.71. The minimum absolute atomic E-state index is 0.106. The summed E-state index contributed by atoms with van der Waals surface area (Å²) in [5.41, 5.74) is 2.51. The van der Waals surface area contributed by atoms with Gasteiger partial charge in [-0.05, 0) is 18.6 Å². The van der Waals surface area contributed by atoms with Crippen molar-refractivity contribution in [2.45, 2.75) is 26.0 Å². The zero-order chi connectivity index (χ0) is 13.2. The van der Waals surface area contributed by atoms with E-state index in [1.807, 2.05) is 0 Å². The van der Waals surface area contributed by atoms with Crippen molar-refractivity contribution in [1.82, 2.24) is 4.57 Å². The van der Waals surface area contributed by atoms with E-state index in [2.05, 4.69) is 60.0 Å². The van der Waals surface area contributed by atoms with Crippen LogP contribution in [0.5, 0.6) is 0 Å². The summed E-state index contributed by atoms with van der Waals surface area (Å²) in [7, 11) is 1.80. The number of rotatable bonds is 4. The van der Waals surface area contributed by atoms with Gasteiger partial charge >= 0.3 is 0 Å². The molecule has 0 bridgehead atoms. The van der Waals surface area contributed by atoms with E-state index in [9.17, 15) is 0 Å². The molecule has 3 aromatic rings. The van der Waals surface area contributed by atoms with E-state index in [0.717, 1.165) is 12.8 Å². The first-order chi connectivity index (χ1) is 9.36. The van der Waals surface area contributed by atoms with Crippen molar-refractivity contribution < 1.29 is 4.74 Å². The molecule has 1 heterocycles. The average molecular weight is 253 g/mol. The Morgan fingerprint density at radius 2 is 1.47 bits per heavy atom. The third-order valence-corrected chi connectivity index (χ3v) is 3.71. The first-order valence-electron chi connectivity index (χ1n) is 6.87. The maximum atomic E-state index is 5.71. The fourth-order valence-corrected chi connectivity index (χ4v) is 2.86. The summed E-state index contributed by atoms with van der Waals surface area (Å²) < 4.78 is 8.04. The minimum atomic E-state index is 0.106. The molecular weight excluding hydrogens is 234 g/mol. The van der Waals surface area contributed by atoms with Crippen molar-refractivity contribution >= 4 is 21.8 Å². The van der Waals surface area contributed by atoms with Gasteiger partial charge in [0.2, 0.25) is 0 Å². The number of hydrogen-bond donors (Lipinski definition) is 0. The van der Waals surface area contributed by atoms with Crippen LogP contribution in [-0.4, -0.2) is 11.7 Å². The molecule has 2 nitrogen and oxygen atoms in total. The van der Waals surface area contributed by atoms with Gasteiger partial charge in [-0.2, -0.15) is 0 Å². The SMILES string of the molecule is CCC[C@H](OC)n1c2ccccc2c2ccccc21. The summed E-state index contributed by atoms with van der Waals surface area (Å²) in [6.45, 7) is 2.19. The lowest BCUT2D eigenvalue weighted by atomic mass is 10.2. The van der Waals surface area contributed by atoms with Crippen molar-refractivity contribution in [3.8, 4) is 0 Å². The Morgan fingerprint density at radius 3 is 1.95 bits per heavy atom. The lowest BCUT2D eigenvalue weighted by Crippen LogP contribution is -2.10. The summed E-state index contributed by atoms with van der Waals surface area (Å²) in [6, 6.07) is 17.1. The Kier molecular flexibility index (Phi) is 3.26. The van der Waals surface area contributed by atoms with Crippen LogP contribution < -0.4 is 0 Å². The first-order valence-corrected chi connectivity index (χ1v) is 6.87. The molecule has 0 radical (unpaired) electrons. The molecule has 3 rings (SSSR count). The quantitative estimate of drug-likeness (QED) is 0.655. The predicted molar refractivity (Wildman–Crippen MR) is 80.4 cm³/mol. The lowest BCUT2D eigenvalue weighted by molar-refractivity contribution is 0.0432. The van der Waals surface area contributed by atoms with Gasteiger partial charge < -0.3 is 9.30 Å². The first kappa shape index (κ1) is 12.2. The number of nitrogens with zero attached hydrogens (tertiary/aromatic N) is 1. The monoisotopic (exact) mass is 253 g/mol. The van der Waals surface area contributed by atoms with Crippen molar-refractivity contribution in [3.05, 3.63) is 48.5 Å². The molecule has 0 N–H and O–H groups in total. The molecule has 98 valence electrons. The normalized spacial score (nSPS) is 13.2. The largest absolute Gasteiger partial charge is 0.361 e. The molecule has 0 fully saturated rings. The Hall–Kier alpha value is -1.80. The third kappa shape index (κ3) is 1.92. The molecule has 0 amide bonds. The average Bonchev–Trinajstić information content (AvgIpc) is 2.80. The van der Waals surface area contributed by atoms with Gasteiger partial charge in [-0.3, -0.25) is 0 Å². The highest BCUT2D eigenvalue weighted by atomic mass is 16.5. The van der Waals surface area contributed by atoms with E-state index in [4.69, 9.17) is 4.74 Å². The Balaban J connectivity index is 2.35. The maximum absolute atomic E-state index is 5.71.